The van der Waals surface area contributed by atoms with Crippen molar-refractivity contribution in [1.29, 1.82) is 0 Å². The van der Waals surface area contributed by atoms with Crippen molar-refractivity contribution in [3.63, 3.8) is 0 Å². The molecule has 0 radical (unpaired) electrons. The number of carbonyl (C=O) groups is 2. The zero-order valence-corrected chi connectivity index (χ0v) is 34.3. The number of aromatic carboxylic acids is 1. The van der Waals surface area contributed by atoms with Crippen LogP contribution < -0.4 is 18.9 Å². The first-order valence-electron chi connectivity index (χ1n) is 18.2. The number of esters is 1. The number of benzene rings is 4. The van der Waals surface area contributed by atoms with Crippen molar-refractivity contribution in [2.24, 2.45) is 9.98 Å². The summed E-state index contributed by atoms with van der Waals surface area (Å²) >= 11 is 0. The molecule has 20 heteroatoms. The maximum atomic E-state index is 13.2. The summed E-state index contributed by atoms with van der Waals surface area (Å²) in [7, 11) is 1.26. The molecule has 2 aliphatic rings. The van der Waals surface area contributed by atoms with Crippen molar-refractivity contribution in [3.05, 3.63) is 140 Å². The molecule has 0 aliphatic carbocycles. The first-order chi connectivity index (χ1) is 27.9. The summed E-state index contributed by atoms with van der Waals surface area (Å²) in [5.41, 5.74) is -3.80. The van der Waals surface area contributed by atoms with E-state index in [2.05, 4.69) is 9.98 Å². The van der Waals surface area contributed by atoms with Gasteiger partial charge in [0.1, 0.15) is 0 Å². The van der Waals surface area contributed by atoms with Gasteiger partial charge in [-0.3, -0.25) is 9.98 Å². The molecule has 2 aliphatic heterocycles. The predicted octanol–water partition coefficient (Wildman–Crippen LogP) is 8.68. The number of carboxylic acids is 1. The topological polar surface area (TPSA) is 118 Å². The number of nitrogens with zero attached hydrogens (tertiary/aromatic N) is 2. The van der Waals surface area contributed by atoms with Crippen LogP contribution in [0.3, 0.4) is 0 Å². The molecule has 0 saturated heterocycles. The summed E-state index contributed by atoms with van der Waals surface area (Å²) in [6.45, 7) is 6.52. The summed E-state index contributed by atoms with van der Waals surface area (Å²) in [6, 6.07) is 12.7. The van der Waals surface area contributed by atoms with Crippen LogP contribution in [-0.2, 0) is 40.3 Å². The molecule has 0 bridgehead atoms. The Morgan fingerprint density at radius 3 is 1.16 bits per heavy atom. The molecule has 4 aromatic carbocycles. The van der Waals surface area contributed by atoms with Gasteiger partial charge >= 0.3 is 55.5 Å². The summed E-state index contributed by atoms with van der Waals surface area (Å²) in [4.78, 5) is 31.6. The number of halogens is 12. The zero-order valence-electron chi connectivity index (χ0n) is 34.3. The van der Waals surface area contributed by atoms with Gasteiger partial charge in [0.2, 0.25) is 0 Å². The Labute approximate surface area is 364 Å². The summed E-state index contributed by atoms with van der Waals surface area (Å²) in [6.07, 6.45) is -19.4. The summed E-state index contributed by atoms with van der Waals surface area (Å²) in [5, 5.41) is 9.12. The van der Waals surface area contributed by atoms with Crippen molar-refractivity contribution in [3.8, 4) is 0 Å². The standard InChI is InChI=1S/C22H19F6NO2.C21H17F6NO2.Li.H2O/c1-12-6-13(4-5-17(12)19(30)31-3)18-10-20(2,11-29-18)14-7-15(21(23,24)25)9-16(8-14)22(26,27)28;1-11-5-12(3-4-16(11)18(29)30)17-9-19(2,10-28-17)13-6-14(20(22,23)24)8-15(7-13)21(25,26)27;;/h4-9H,10-11H2,1-3H3;3-8H,9-10H2,1-2H3,(H,29,30);;1H2/q;;+1;/p-1. The average molecular weight is 897 g/mol. The number of ether oxygens (including phenoxy) is 1. The third kappa shape index (κ3) is 11.7. The van der Waals surface area contributed by atoms with E-state index in [1.165, 1.54) is 19.2 Å². The molecule has 6 rings (SSSR count). The molecule has 2 unspecified atom stereocenters. The van der Waals surface area contributed by atoms with E-state index in [4.69, 9.17) is 9.84 Å². The zero-order chi connectivity index (χ0) is 45.7. The van der Waals surface area contributed by atoms with Crippen LogP contribution in [0.25, 0.3) is 0 Å². The molecule has 0 spiro atoms. The number of aliphatic imine (C=N–C) groups is 2. The molecule has 7 nitrogen and oxygen atoms in total. The van der Waals surface area contributed by atoms with Gasteiger partial charge in [0, 0.05) is 48.2 Å². The second-order valence-corrected chi connectivity index (χ2v) is 15.4. The van der Waals surface area contributed by atoms with Crippen LogP contribution in [0.1, 0.15) is 103 Å². The summed E-state index contributed by atoms with van der Waals surface area (Å²) < 4.78 is 163. The Bertz CT molecular complexity index is 2380. The molecule has 2 heterocycles. The minimum atomic E-state index is -4.92. The maximum absolute atomic E-state index is 13.2. The van der Waals surface area contributed by atoms with Crippen LogP contribution in [0, 0.1) is 13.8 Å². The molecule has 0 amide bonds. The number of carbonyl (C=O) groups excluding carboxylic acids is 1. The number of carboxylic acid groups (broad SMARTS) is 1. The van der Waals surface area contributed by atoms with Crippen molar-refractivity contribution in [2.75, 3.05) is 20.2 Å². The van der Waals surface area contributed by atoms with Gasteiger partial charge in [0.15, 0.2) is 0 Å². The third-order valence-corrected chi connectivity index (χ3v) is 10.7. The van der Waals surface area contributed by atoms with Gasteiger partial charge in [0.05, 0.1) is 40.5 Å². The van der Waals surface area contributed by atoms with Crippen LogP contribution in [-0.4, -0.2) is 54.1 Å². The van der Waals surface area contributed by atoms with E-state index in [-0.39, 0.29) is 79.1 Å². The van der Waals surface area contributed by atoms with E-state index in [0.717, 1.165) is 24.3 Å². The smallest absolute Gasteiger partial charge is 0.870 e. The molecule has 334 valence electrons. The second-order valence-electron chi connectivity index (χ2n) is 15.4. The number of methoxy groups -OCH3 is 1. The molecule has 63 heavy (non-hydrogen) atoms. The van der Waals surface area contributed by atoms with Crippen LogP contribution in [0.4, 0.5) is 52.7 Å². The molecule has 2 N–H and O–H groups in total. The van der Waals surface area contributed by atoms with E-state index in [9.17, 15) is 62.3 Å². The van der Waals surface area contributed by atoms with Gasteiger partial charge in [-0.1, -0.05) is 26.0 Å². The van der Waals surface area contributed by atoms with Gasteiger partial charge in [-0.25, -0.2) is 9.59 Å². The average Bonchev–Trinajstić information content (AvgIpc) is 3.77. The van der Waals surface area contributed by atoms with Crippen molar-refractivity contribution in [2.45, 2.75) is 76.1 Å². The largest absolute Gasteiger partial charge is 1.00 e. The maximum Gasteiger partial charge on any atom is 1.00 e. The summed E-state index contributed by atoms with van der Waals surface area (Å²) in [5.74, 6) is -1.60. The fourth-order valence-electron chi connectivity index (χ4n) is 7.15. The molecule has 0 aromatic heterocycles. The van der Waals surface area contributed by atoms with E-state index >= 15 is 0 Å². The van der Waals surface area contributed by atoms with Gasteiger partial charge in [-0.2, -0.15) is 52.7 Å². The minimum Gasteiger partial charge on any atom is -0.870 e. The first kappa shape index (κ1) is 52.2. The Morgan fingerprint density at radius 2 is 0.889 bits per heavy atom. The molecule has 4 aromatic rings. The Morgan fingerprint density at radius 1 is 0.571 bits per heavy atom. The SMILES string of the molecule is COC(=O)c1ccc(C2=NCC(C)(c3cc(C(F)(F)F)cc(C(F)(F)F)c3)C2)cc1C.Cc1cc(C2=NCC(C)(c3cc(C(F)(F)F)cc(C(F)(F)F)c3)C2)ccc1C(=O)O.[Li+].[OH-]. The van der Waals surface area contributed by atoms with Crippen molar-refractivity contribution in [1.82, 2.24) is 0 Å². The molecular weight excluding hydrogens is 859 g/mol. The van der Waals surface area contributed by atoms with E-state index in [1.807, 2.05) is 0 Å². The van der Waals surface area contributed by atoms with Crippen molar-refractivity contribution < 1.29 is 96.5 Å². The Kier molecular flexibility index (Phi) is 15.4. The fourth-order valence-corrected chi connectivity index (χ4v) is 7.15. The number of hydrogen-bond acceptors (Lipinski definition) is 6. The predicted molar refractivity (Wildman–Crippen MR) is 202 cm³/mol. The fraction of sp³-hybridized carbons (Fsp3) is 0.349. The normalized spacial score (nSPS) is 18.9. The number of aryl methyl sites for hydroxylation is 2. The monoisotopic (exact) mass is 896 g/mol. The molecule has 2 atom stereocenters. The Hall–Kier alpha value is -5.12. The van der Waals surface area contributed by atoms with Gasteiger partial charge in [-0.05, 0) is 108 Å². The van der Waals surface area contributed by atoms with Gasteiger partial charge < -0.3 is 15.3 Å². The molecular formula is C43H37F12LiN2O5. The molecule has 0 saturated carbocycles. The Balaban J connectivity index is 0.000000325. The van der Waals surface area contributed by atoms with Crippen LogP contribution in [0.5, 0.6) is 0 Å². The number of alkyl halides is 12. The second kappa shape index (κ2) is 18.5. The van der Waals surface area contributed by atoms with E-state index < -0.39 is 69.7 Å². The van der Waals surface area contributed by atoms with E-state index in [1.54, 1.807) is 52.0 Å². The van der Waals surface area contributed by atoms with Crippen LogP contribution in [0.15, 0.2) is 82.8 Å². The first-order valence-corrected chi connectivity index (χ1v) is 18.2. The van der Waals surface area contributed by atoms with Gasteiger partial charge in [0.25, 0.3) is 0 Å². The number of rotatable bonds is 6. The molecule has 0 fully saturated rings. The quantitative estimate of drug-likeness (QED) is 0.118. The van der Waals surface area contributed by atoms with Gasteiger partial charge in [-0.15, -0.1) is 0 Å². The van der Waals surface area contributed by atoms with E-state index in [0.29, 0.717) is 39.2 Å². The van der Waals surface area contributed by atoms with Crippen LogP contribution >= 0.6 is 0 Å². The van der Waals surface area contributed by atoms with Crippen molar-refractivity contribution >= 4 is 23.4 Å². The number of hydrogen-bond donors (Lipinski definition) is 1. The van der Waals surface area contributed by atoms with Crippen LogP contribution in [0.2, 0.25) is 0 Å². The minimum absolute atomic E-state index is 0. The third-order valence-electron chi connectivity index (χ3n) is 10.7.